The highest BCUT2D eigenvalue weighted by molar-refractivity contribution is 8.13. The number of carbonyl (C=O) groups is 1. The highest BCUT2D eigenvalue weighted by Gasteiger charge is 2.25. The van der Waals surface area contributed by atoms with Crippen LogP contribution in [0.25, 0.3) is 0 Å². The van der Waals surface area contributed by atoms with Gasteiger partial charge in [-0.1, -0.05) is 11.8 Å². The Hall–Kier alpha value is -1.03. The lowest BCUT2D eigenvalue weighted by Gasteiger charge is -2.24. The Morgan fingerprint density at radius 3 is 3.00 bits per heavy atom. The number of rotatable bonds is 1. The van der Waals surface area contributed by atoms with Crippen molar-refractivity contribution in [2.24, 2.45) is 5.73 Å². The Morgan fingerprint density at radius 1 is 1.56 bits per heavy atom. The largest absolute Gasteiger partial charge is 0.360 e. The van der Waals surface area contributed by atoms with Crippen LogP contribution in [0.15, 0.2) is 6.07 Å². The molecule has 0 fully saturated rings. The Balaban J connectivity index is 2.41. The summed E-state index contributed by atoms with van der Waals surface area (Å²) in [7, 11) is 0. The minimum Gasteiger partial charge on any atom is -0.360 e. The number of carbonyl (C=O) groups excluding carboxylic acids is 1. The molecule has 1 aromatic heterocycles. The van der Waals surface area contributed by atoms with Crippen LogP contribution in [0.4, 0.5) is 4.79 Å². The lowest BCUT2D eigenvalue weighted by Crippen LogP contribution is -2.15. The molecule has 0 aromatic carbocycles. The zero-order chi connectivity index (χ0) is 11.7. The molecule has 1 aliphatic carbocycles. The zero-order valence-electron chi connectivity index (χ0n) is 9.62. The van der Waals surface area contributed by atoms with Crippen LogP contribution in [0.5, 0.6) is 0 Å². The molecule has 1 amide bonds. The van der Waals surface area contributed by atoms with Gasteiger partial charge in [-0.2, -0.15) is 0 Å². The second kappa shape index (κ2) is 4.45. The molecule has 86 valence electrons. The fraction of sp³-hybridized carbons (Fsp3) is 0.500. The van der Waals surface area contributed by atoms with Crippen molar-refractivity contribution >= 4 is 17.0 Å². The summed E-state index contributed by atoms with van der Waals surface area (Å²) in [6.45, 7) is 4.11. The Bertz CT molecular complexity index is 431. The van der Waals surface area contributed by atoms with Crippen LogP contribution >= 0.6 is 11.8 Å². The van der Waals surface area contributed by atoms with Gasteiger partial charge < -0.3 is 5.73 Å². The van der Waals surface area contributed by atoms with Crippen molar-refractivity contribution in [3.8, 4) is 0 Å². The number of aromatic nitrogens is 1. The summed E-state index contributed by atoms with van der Waals surface area (Å²) in [6.07, 6.45) is 3.18. The van der Waals surface area contributed by atoms with E-state index in [1.54, 1.807) is 0 Å². The predicted octanol–water partition coefficient (Wildman–Crippen LogP) is 2.89. The van der Waals surface area contributed by atoms with Crippen molar-refractivity contribution in [2.45, 2.75) is 38.4 Å². The first kappa shape index (κ1) is 11.5. The predicted molar refractivity (Wildman–Crippen MR) is 66.6 cm³/mol. The van der Waals surface area contributed by atoms with Crippen molar-refractivity contribution in [3.05, 3.63) is 28.6 Å². The fourth-order valence-electron chi connectivity index (χ4n) is 2.34. The molecular formula is C12H16N2OS. The highest BCUT2D eigenvalue weighted by Crippen LogP contribution is 2.39. The standard InChI is InChI=1S/C12H16N2OS/c1-7-6-8(2)14-11-9(7)4-3-5-10(11)16-12(13)15/h6,10H,3-5H2,1-2H3,(H2,13,15). The minimum absolute atomic E-state index is 0.153. The molecule has 0 saturated carbocycles. The topological polar surface area (TPSA) is 56.0 Å². The number of nitrogens with zero attached hydrogens (tertiary/aromatic N) is 1. The molecule has 4 heteroatoms. The van der Waals surface area contributed by atoms with E-state index in [0.717, 1.165) is 30.7 Å². The maximum absolute atomic E-state index is 11.0. The molecule has 0 saturated heterocycles. The molecule has 1 aliphatic rings. The number of nitrogens with two attached hydrogens (primary N) is 1. The number of thioether (sulfide) groups is 1. The van der Waals surface area contributed by atoms with Crippen molar-refractivity contribution < 1.29 is 4.79 Å². The summed E-state index contributed by atoms with van der Waals surface area (Å²) in [5.74, 6) is 0. The average Bonchev–Trinajstić information content (AvgIpc) is 2.18. The summed E-state index contributed by atoms with van der Waals surface area (Å²) < 4.78 is 0. The summed E-state index contributed by atoms with van der Waals surface area (Å²) in [5, 5.41) is -0.154. The van der Waals surface area contributed by atoms with E-state index in [0.29, 0.717) is 0 Å². The van der Waals surface area contributed by atoms with E-state index >= 15 is 0 Å². The molecule has 1 heterocycles. The van der Waals surface area contributed by atoms with Crippen LogP contribution < -0.4 is 5.73 Å². The molecule has 1 atom stereocenters. The van der Waals surface area contributed by atoms with Gasteiger partial charge in [-0.05, 0) is 50.3 Å². The van der Waals surface area contributed by atoms with Crippen LogP contribution in [0.1, 0.15) is 40.6 Å². The van der Waals surface area contributed by atoms with Gasteiger partial charge in [0, 0.05) is 5.69 Å². The molecule has 0 bridgehead atoms. The van der Waals surface area contributed by atoms with Gasteiger partial charge in [0.2, 0.25) is 0 Å². The van der Waals surface area contributed by atoms with E-state index in [9.17, 15) is 4.79 Å². The van der Waals surface area contributed by atoms with Crippen LogP contribution in [0.3, 0.4) is 0 Å². The number of fused-ring (bicyclic) bond motifs is 1. The normalized spacial score (nSPS) is 19.2. The Morgan fingerprint density at radius 2 is 2.31 bits per heavy atom. The molecule has 16 heavy (non-hydrogen) atoms. The second-order valence-corrected chi connectivity index (χ2v) is 5.47. The number of hydrogen-bond donors (Lipinski definition) is 1. The van der Waals surface area contributed by atoms with Gasteiger partial charge >= 0.3 is 0 Å². The lowest BCUT2D eigenvalue weighted by molar-refractivity contribution is 0.267. The number of aryl methyl sites for hydroxylation is 2. The summed E-state index contributed by atoms with van der Waals surface area (Å²) in [4.78, 5) is 15.6. The van der Waals surface area contributed by atoms with E-state index in [2.05, 4.69) is 18.0 Å². The minimum atomic E-state index is -0.307. The number of amides is 1. The van der Waals surface area contributed by atoms with E-state index in [-0.39, 0.29) is 10.5 Å². The van der Waals surface area contributed by atoms with Gasteiger partial charge in [-0.25, -0.2) is 0 Å². The molecule has 0 aliphatic heterocycles. The van der Waals surface area contributed by atoms with Gasteiger partial charge in [0.1, 0.15) is 0 Å². The third-order valence-corrected chi connectivity index (χ3v) is 3.94. The van der Waals surface area contributed by atoms with Gasteiger partial charge in [0.25, 0.3) is 5.24 Å². The molecule has 1 unspecified atom stereocenters. The maximum Gasteiger partial charge on any atom is 0.277 e. The molecule has 1 aromatic rings. The molecular weight excluding hydrogens is 220 g/mol. The third-order valence-electron chi connectivity index (χ3n) is 2.96. The van der Waals surface area contributed by atoms with Gasteiger partial charge in [0.05, 0.1) is 10.9 Å². The van der Waals surface area contributed by atoms with Gasteiger partial charge in [-0.3, -0.25) is 9.78 Å². The summed E-state index contributed by atoms with van der Waals surface area (Å²) in [5.41, 5.74) is 9.96. The quantitative estimate of drug-likeness (QED) is 0.815. The first-order chi connectivity index (χ1) is 7.58. The lowest BCUT2D eigenvalue weighted by atomic mass is 9.92. The van der Waals surface area contributed by atoms with E-state index in [1.165, 1.54) is 22.9 Å². The summed E-state index contributed by atoms with van der Waals surface area (Å²) >= 11 is 1.21. The Labute approximate surface area is 99.8 Å². The van der Waals surface area contributed by atoms with Crippen molar-refractivity contribution in [3.63, 3.8) is 0 Å². The smallest absolute Gasteiger partial charge is 0.277 e. The molecule has 2 rings (SSSR count). The second-order valence-electron chi connectivity index (χ2n) is 4.26. The average molecular weight is 236 g/mol. The molecule has 0 radical (unpaired) electrons. The number of primary amides is 1. The first-order valence-electron chi connectivity index (χ1n) is 5.51. The fourth-order valence-corrected chi connectivity index (χ4v) is 3.21. The van der Waals surface area contributed by atoms with Gasteiger partial charge in [-0.15, -0.1) is 0 Å². The first-order valence-corrected chi connectivity index (χ1v) is 6.39. The summed E-state index contributed by atoms with van der Waals surface area (Å²) in [6, 6.07) is 2.11. The number of hydrogen-bond acceptors (Lipinski definition) is 3. The van der Waals surface area contributed by atoms with Crippen LogP contribution in [-0.2, 0) is 6.42 Å². The highest BCUT2D eigenvalue weighted by atomic mass is 32.2. The molecule has 2 N–H and O–H groups in total. The van der Waals surface area contributed by atoms with Crippen molar-refractivity contribution in [1.82, 2.24) is 4.98 Å². The molecule has 3 nitrogen and oxygen atoms in total. The zero-order valence-corrected chi connectivity index (χ0v) is 10.4. The van der Waals surface area contributed by atoms with Crippen molar-refractivity contribution in [1.29, 1.82) is 0 Å². The van der Waals surface area contributed by atoms with Crippen LogP contribution in [0, 0.1) is 13.8 Å². The van der Waals surface area contributed by atoms with E-state index in [1.807, 2.05) is 6.92 Å². The van der Waals surface area contributed by atoms with Crippen LogP contribution in [-0.4, -0.2) is 10.2 Å². The molecule has 0 spiro atoms. The van der Waals surface area contributed by atoms with Gasteiger partial charge in [0.15, 0.2) is 0 Å². The van der Waals surface area contributed by atoms with Crippen LogP contribution in [0.2, 0.25) is 0 Å². The Kier molecular flexibility index (Phi) is 3.19. The maximum atomic E-state index is 11.0. The third kappa shape index (κ3) is 2.21. The van der Waals surface area contributed by atoms with E-state index in [4.69, 9.17) is 5.73 Å². The number of pyridine rings is 1. The monoisotopic (exact) mass is 236 g/mol. The van der Waals surface area contributed by atoms with Crippen molar-refractivity contribution in [2.75, 3.05) is 0 Å². The SMILES string of the molecule is Cc1cc(C)c2c(n1)C(SC(N)=O)CCC2. The van der Waals surface area contributed by atoms with E-state index < -0.39 is 0 Å².